The molecule has 1 N–H and O–H groups in total. The molecule has 1 saturated carbocycles. The maximum atomic E-state index is 12.4. The van der Waals surface area contributed by atoms with Gasteiger partial charge in [-0.25, -0.2) is 0 Å². The van der Waals surface area contributed by atoms with Crippen LogP contribution in [-0.2, 0) is 11.3 Å². The summed E-state index contributed by atoms with van der Waals surface area (Å²) in [5.41, 5.74) is 0.920. The quantitative estimate of drug-likeness (QED) is 0.793. The van der Waals surface area contributed by atoms with Crippen LogP contribution < -0.4 is 19.5 Å². The van der Waals surface area contributed by atoms with Crippen LogP contribution in [0.25, 0.3) is 0 Å². The fourth-order valence-corrected chi connectivity index (χ4v) is 4.52. The highest BCUT2D eigenvalue weighted by atomic mass is 16.5. The number of rotatable bonds is 7. The van der Waals surface area contributed by atoms with Crippen molar-refractivity contribution >= 4 is 5.91 Å². The lowest BCUT2D eigenvalue weighted by atomic mass is 9.75. The molecule has 1 heterocycles. The average molecular weight is 376 g/mol. The van der Waals surface area contributed by atoms with E-state index in [9.17, 15) is 4.79 Å². The summed E-state index contributed by atoms with van der Waals surface area (Å²) in [5, 5.41) is 3.03. The zero-order valence-electron chi connectivity index (χ0n) is 16.8. The fourth-order valence-electron chi connectivity index (χ4n) is 4.52. The Morgan fingerprint density at radius 2 is 1.70 bits per heavy atom. The number of likely N-dealkylation sites (tertiary alicyclic amines) is 1. The van der Waals surface area contributed by atoms with Crippen LogP contribution in [0, 0.1) is 11.8 Å². The molecule has 6 heteroatoms. The Bertz CT molecular complexity index is 624. The van der Waals surface area contributed by atoms with Gasteiger partial charge in [-0.2, -0.15) is 0 Å². The summed E-state index contributed by atoms with van der Waals surface area (Å²) in [7, 11) is 4.76. The Morgan fingerprint density at radius 1 is 1.04 bits per heavy atom. The van der Waals surface area contributed by atoms with Crippen molar-refractivity contribution in [2.24, 2.45) is 11.8 Å². The van der Waals surface area contributed by atoms with Gasteiger partial charge in [0.25, 0.3) is 0 Å². The predicted molar refractivity (Wildman–Crippen MR) is 104 cm³/mol. The van der Waals surface area contributed by atoms with Crippen LogP contribution in [0.2, 0.25) is 0 Å². The molecule has 150 valence electrons. The van der Waals surface area contributed by atoms with E-state index in [0.29, 0.717) is 30.3 Å². The minimum absolute atomic E-state index is 0.0676. The molecule has 2 atom stereocenters. The molecule has 0 unspecified atom stereocenters. The fraction of sp³-hybridized carbons (Fsp3) is 0.667. The number of benzene rings is 1. The molecule has 2 aliphatic rings. The highest BCUT2D eigenvalue weighted by Crippen LogP contribution is 2.38. The number of nitrogens with one attached hydrogen (secondary N) is 1. The van der Waals surface area contributed by atoms with Gasteiger partial charge in [0.2, 0.25) is 11.7 Å². The van der Waals surface area contributed by atoms with Gasteiger partial charge >= 0.3 is 0 Å². The Balaban J connectivity index is 1.53. The van der Waals surface area contributed by atoms with Crippen LogP contribution in [0.3, 0.4) is 0 Å². The Labute approximate surface area is 162 Å². The van der Waals surface area contributed by atoms with Gasteiger partial charge in [-0.3, -0.25) is 9.69 Å². The summed E-state index contributed by atoms with van der Waals surface area (Å²) in [4.78, 5) is 14.8. The lowest BCUT2D eigenvalue weighted by Crippen LogP contribution is -2.46. The van der Waals surface area contributed by atoms with Crippen LogP contribution in [-0.4, -0.2) is 51.8 Å². The second-order valence-corrected chi connectivity index (χ2v) is 7.64. The summed E-state index contributed by atoms with van der Waals surface area (Å²) in [5.74, 6) is 3.50. The van der Waals surface area contributed by atoms with Gasteiger partial charge in [0, 0.05) is 13.1 Å². The number of carbonyl (C=O) groups is 1. The molecular weight excluding hydrogens is 344 g/mol. The van der Waals surface area contributed by atoms with E-state index in [1.165, 1.54) is 32.1 Å². The zero-order valence-corrected chi connectivity index (χ0v) is 16.8. The normalized spacial score (nSPS) is 22.6. The van der Waals surface area contributed by atoms with Gasteiger partial charge in [-0.15, -0.1) is 0 Å². The minimum Gasteiger partial charge on any atom is -0.493 e. The number of hydrogen-bond donors (Lipinski definition) is 1. The molecule has 0 aromatic heterocycles. The molecular formula is C21H32N2O4. The number of piperidine rings is 1. The summed E-state index contributed by atoms with van der Waals surface area (Å²) < 4.78 is 16.1. The molecule has 0 bridgehead atoms. The standard InChI is InChI=1S/C21H32N2O4/c1-25-18-10-15(11-19(26-2)21(18)27-3)12-22-20(24)14-23-9-8-16-6-4-5-7-17(16)13-23/h10-11,16-17H,4-9,12-14H2,1-3H3,(H,22,24)/t16-,17+/m0/s1. The monoisotopic (exact) mass is 376 g/mol. The van der Waals surface area contributed by atoms with Crippen LogP contribution >= 0.6 is 0 Å². The van der Waals surface area contributed by atoms with E-state index < -0.39 is 0 Å². The van der Waals surface area contributed by atoms with Crippen molar-refractivity contribution in [3.05, 3.63) is 17.7 Å². The molecule has 1 saturated heterocycles. The van der Waals surface area contributed by atoms with Crippen molar-refractivity contribution in [2.75, 3.05) is 41.0 Å². The van der Waals surface area contributed by atoms with E-state index in [0.717, 1.165) is 30.5 Å². The first kappa shape index (κ1) is 19.8. The first-order chi connectivity index (χ1) is 13.1. The number of carbonyl (C=O) groups excluding carboxylic acids is 1. The van der Waals surface area contributed by atoms with Crippen LogP contribution in [0.15, 0.2) is 12.1 Å². The molecule has 1 amide bonds. The number of nitrogens with zero attached hydrogens (tertiary/aromatic N) is 1. The van der Waals surface area contributed by atoms with E-state index in [2.05, 4.69) is 10.2 Å². The zero-order chi connectivity index (χ0) is 19.2. The molecule has 1 aliphatic carbocycles. The average Bonchev–Trinajstić information content (AvgIpc) is 2.71. The summed E-state index contributed by atoms with van der Waals surface area (Å²) >= 11 is 0. The van der Waals surface area contributed by atoms with Crippen LogP contribution in [0.4, 0.5) is 0 Å². The van der Waals surface area contributed by atoms with E-state index >= 15 is 0 Å². The van der Waals surface area contributed by atoms with Crippen LogP contribution in [0.1, 0.15) is 37.7 Å². The van der Waals surface area contributed by atoms with Crippen molar-refractivity contribution < 1.29 is 19.0 Å². The molecule has 0 spiro atoms. The van der Waals surface area contributed by atoms with E-state index in [1.807, 2.05) is 12.1 Å². The van der Waals surface area contributed by atoms with Crippen LogP contribution in [0.5, 0.6) is 17.2 Å². The first-order valence-electron chi connectivity index (χ1n) is 9.92. The molecule has 6 nitrogen and oxygen atoms in total. The molecule has 27 heavy (non-hydrogen) atoms. The van der Waals surface area contributed by atoms with Gasteiger partial charge in [0.05, 0.1) is 27.9 Å². The molecule has 1 aromatic carbocycles. The van der Waals surface area contributed by atoms with Gasteiger partial charge < -0.3 is 19.5 Å². The number of ether oxygens (including phenoxy) is 3. The molecule has 1 aliphatic heterocycles. The molecule has 3 rings (SSSR count). The lowest BCUT2D eigenvalue weighted by molar-refractivity contribution is -0.123. The molecule has 2 fully saturated rings. The number of methoxy groups -OCH3 is 3. The Morgan fingerprint density at radius 3 is 2.33 bits per heavy atom. The minimum atomic E-state index is 0.0676. The highest BCUT2D eigenvalue weighted by Gasteiger charge is 2.31. The number of fused-ring (bicyclic) bond motifs is 1. The second-order valence-electron chi connectivity index (χ2n) is 7.64. The largest absolute Gasteiger partial charge is 0.493 e. The first-order valence-corrected chi connectivity index (χ1v) is 9.92. The summed E-state index contributed by atoms with van der Waals surface area (Å²) in [6.45, 7) is 3.03. The second kappa shape index (κ2) is 9.31. The lowest BCUT2D eigenvalue weighted by Gasteiger charge is -2.41. The topological polar surface area (TPSA) is 60.0 Å². The van der Waals surface area contributed by atoms with E-state index in [-0.39, 0.29) is 5.91 Å². The van der Waals surface area contributed by atoms with Gasteiger partial charge in [-0.05, 0) is 48.9 Å². The highest BCUT2D eigenvalue weighted by molar-refractivity contribution is 5.78. The van der Waals surface area contributed by atoms with E-state index in [1.54, 1.807) is 21.3 Å². The van der Waals surface area contributed by atoms with Gasteiger partial charge in [-0.1, -0.05) is 19.3 Å². The number of hydrogen-bond acceptors (Lipinski definition) is 5. The predicted octanol–water partition coefficient (Wildman–Crippen LogP) is 2.84. The SMILES string of the molecule is COc1cc(CNC(=O)CN2CC[C@@H]3CCCC[C@@H]3C2)cc(OC)c1OC. The smallest absolute Gasteiger partial charge is 0.234 e. The van der Waals surface area contributed by atoms with Crippen molar-refractivity contribution in [3.63, 3.8) is 0 Å². The third kappa shape index (κ3) is 4.86. The molecule has 1 aromatic rings. The third-order valence-corrected chi connectivity index (χ3v) is 5.96. The molecule has 0 radical (unpaired) electrons. The Hall–Kier alpha value is -1.95. The van der Waals surface area contributed by atoms with Crippen molar-refractivity contribution in [2.45, 2.75) is 38.6 Å². The maximum absolute atomic E-state index is 12.4. The van der Waals surface area contributed by atoms with E-state index in [4.69, 9.17) is 14.2 Å². The summed E-state index contributed by atoms with van der Waals surface area (Å²) in [6.07, 6.45) is 6.68. The van der Waals surface area contributed by atoms with Gasteiger partial charge in [0.15, 0.2) is 11.5 Å². The van der Waals surface area contributed by atoms with Crippen molar-refractivity contribution in [1.29, 1.82) is 0 Å². The maximum Gasteiger partial charge on any atom is 0.234 e. The van der Waals surface area contributed by atoms with Crippen molar-refractivity contribution in [1.82, 2.24) is 10.2 Å². The third-order valence-electron chi connectivity index (χ3n) is 5.96. The number of amides is 1. The van der Waals surface area contributed by atoms with Crippen molar-refractivity contribution in [3.8, 4) is 17.2 Å². The van der Waals surface area contributed by atoms with Gasteiger partial charge in [0.1, 0.15) is 0 Å². The Kier molecular flexibility index (Phi) is 6.83. The summed E-state index contributed by atoms with van der Waals surface area (Å²) in [6, 6.07) is 3.74.